The molecule has 204 valence electrons. The first-order chi connectivity index (χ1) is 18.2. The van der Waals surface area contributed by atoms with Crippen molar-refractivity contribution in [3.63, 3.8) is 0 Å². The number of amides is 2. The molecule has 0 spiro atoms. The van der Waals surface area contributed by atoms with E-state index in [2.05, 4.69) is 42.5 Å². The summed E-state index contributed by atoms with van der Waals surface area (Å²) >= 11 is 2.09. The molecule has 1 saturated carbocycles. The van der Waals surface area contributed by atoms with E-state index in [0.29, 0.717) is 24.9 Å². The van der Waals surface area contributed by atoms with Crippen LogP contribution in [0, 0.1) is 21.3 Å². The Balaban J connectivity index is 1.34. The first kappa shape index (κ1) is 27.7. The van der Waals surface area contributed by atoms with Gasteiger partial charge in [-0.1, -0.05) is 36.5 Å². The van der Waals surface area contributed by atoms with Crippen molar-refractivity contribution in [1.29, 1.82) is 0 Å². The molecule has 1 aromatic rings. The van der Waals surface area contributed by atoms with E-state index in [4.69, 9.17) is 9.39 Å². The zero-order valence-corrected chi connectivity index (χ0v) is 24.6. The molecule has 2 aliphatic heterocycles. The number of fused-ring (bicyclic) bond motifs is 3. The summed E-state index contributed by atoms with van der Waals surface area (Å²) in [7, 11) is 0.592. The highest BCUT2D eigenvalue weighted by atomic mass is 127. The summed E-state index contributed by atoms with van der Waals surface area (Å²) in [5.74, 6) is -0.293. The zero-order valence-electron chi connectivity index (χ0n) is 22.4. The van der Waals surface area contributed by atoms with E-state index in [1.165, 1.54) is 13.5 Å². The molecule has 0 bridgehead atoms. The SMILES string of the molecule is COc1cc(/C=C(\C)CC[C@H]2OB(O)C[C@H]3C2=C(C)C[C@H]2C(=O)N(C4CCCCC4)C(=O)[C@H]23)cc(I)c1O. The molecule has 38 heavy (non-hydrogen) atoms. The van der Waals surface area contributed by atoms with Crippen LogP contribution in [0.1, 0.15) is 70.8 Å². The number of phenols is 1. The van der Waals surface area contributed by atoms with Gasteiger partial charge in [-0.25, -0.2) is 0 Å². The molecule has 5 rings (SSSR count). The van der Waals surface area contributed by atoms with Crippen LogP contribution in [0.3, 0.4) is 0 Å². The monoisotopic (exact) mass is 633 g/mol. The molecule has 2 N–H and O–H groups in total. The van der Waals surface area contributed by atoms with Gasteiger partial charge in [-0.15, -0.1) is 0 Å². The van der Waals surface area contributed by atoms with E-state index in [-0.39, 0.29) is 47.5 Å². The van der Waals surface area contributed by atoms with Crippen LogP contribution < -0.4 is 4.74 Å². The van der Waals surface area contributed by atoms with E-state index in [9.17, 15) is 19.7 Å². The minimum atomic E-state index is -0.945. The largest absolute Gasteiger partial charge is 0.504 e. The zero-order chi connectivity index (χ0) is 27.1. The molecular weight excluding hydrogens is 596 g/mol. The number of methoxy groups -OCH3 is 1. The minimum absolute atomic E-state index is 0.000526. The molecule has 2 heterocycles. The van der Waals surface area contributed by atoms with Crippen LogP contribution in [0.4, 0.5) is 0 Å². The van der Waals surface area contributed by atoms with Crippen molar-refractivity contribution in [3.05, 3.63) is 38.0 Å². The normalized spacial score (nSPS) is 28.6. The number of nitrogens with zero attached hydrogens (tertiary/aromatic N) is 1. The molecule has 4 aliphatic rings. The molecule has 2 aliphatic carbocycles. The van der Waals surface area contributed by atoms with Gasteiger partial charge >= 0.3 is 7.12 Å². The van der Waals surface area contributed by atoms with Crippen LogP contribution in [-0.2, 0) is 14.2 Å². The lowest BCUT2D eigenvalue weighted by Gasteiger charge is -2.42. The lowest BCUT2D eigenvalue weighted by atomic mass is 9.59. The number of phenolic OH excluding ortho intramolecular Hbond substituents is 1. The smallest absolute Gasteiger partial charge is 0.455 e. The first-order valence-electron chi connectivity index (χ1n) is 13.8. The highest BCUT2D eigenvalue weighted by Gasteiger charge is 2.57. The third-order valence-corrected chi connectivity index (χ3v) is 9.73. The molecule has 2 amide bonds. The Kier molecular flexibility index (Phi) is 8.26. The molecule has 1 aromatic carbocycles. The van der Waals surface area contributed by atoms with Gasteiger partial charge in [0.2, 0.25) is 11.8 Å². The van der Waals surface area contributed by atoms with Crippen LogP contribution in [0.5, 0.6) is 11.5 Å². The maximum absolute atomic E-state index is 13.7. The summed E-state index contributed by atoms with van der Waals surface area (Å²) < 4.78 is 12.1. The van der Waals surface area contributed by atoms with Crippen molar-refractivity contribution in [2.45, 2.75) is 83.7 Å². The Morgan fingerprint density at radius 1 is 1.21 bits per heavy atom. The molecular formula is C29H37BINO6. The van der Waals surface area contributed by atoms with Gasteiger partial charge in [0.1, 0.15) is 0 Å². The average molecular weight is 633 g/mol. The maximum Gasteiger partial charge on any atom is 0.455 e. The third kappa shape index (κ3) is 5.18. The van der Waals surface area contributed by atoms with Crippen LogP contribution in [-0.4, -0.2) is 53.2 Å². The van der Waals surface area contributed by atoms with E-state index < -0.39 is 7.12 Å². The van der Waals surface area contributed by atoms with E-state index >= 15 is 0 Å². The summed E-state index contributed by atoms with van der Waals surface area (Å²) in [4.78, 5) is 28.8. The van der Waals surface area contributed by atoms with Crippen LogP contribution >= 0.6 is 22.6 Å². The van der Waals surface area contributed by atoms with Crippen LogP contribution in [0.25, 0.3) is 6.08 Å². The number of aromatic hydroxyl groups is 1. The van der Waals surface area contributed by atoms with Crippen molar-refractivity contribution in [3.8, 4) is 11.5 Å². The molecule has 0 unspecified atom stereocenters. The summed E-state index contributed by atoms with van der Waals surface area (Å²) in [6.07, 6.45) is 9.31. The molecule has 4 atom stereocenters. The number of imide groups is 1. The molecule has 0 radical (unpaired) electrons. The Morgan fingerprint density at radius 2 is 1.95 bits per heavy atom. The lowest BCUT2D eigenvalue weighted by Crippen LogP contribution is -2.46. The van der Waals surface area contributed by atoms with E-state index in [0.717, 1.165) is 58.0 Å². The van der Waals surface area contributed by atoms with Gasteiger partial charge < -0.3 is 19.5 Å². The van der Waals surface area contributed by atoms with Crippen LogP contribution in [0.2, 0.25) is 6.32 Å². The molecule has 7 nitrogen and oxygen atoms in total. The number of hydrogen-bond donors (Lipinski definition) is 2. The fourth-order valence-corrected chi connectivity index (χ4v) is 7.82. The number of ether oxygens (including phenoxy) is 1. The Bertz CT molecular complexity index is 1180. The van der Waals surface area contributed by atoms with Gasteiger partial charge in [0.25, 0.3) is 0 Å². The fourth-order valence-electron chi connectivity index (χ4n) is 7.19. The van der Waals surface area contributed by atoms with Crippen molar-refractivity contribution in [2.75, 3.05) is 7.11 Å². The maximum atomic E-state index is 13.7. The number of carbonyl (C=O) groups is 2. The van der Waals surface area contributed by atoms with Crippen molar-refractivity contribution in [2.24, 2.45) is 17.8 Å². The molecule has 9 heteroatoms. The second kappa shape index (κ2) is 11.3. The number of hydrogen-bond acceptors (Lipinski definition) is 6. The van der Waals surface area contributed by atoms with Crippen molar-refractivity contribution < 1.29 is 29.1 Å². The summed E-state index contributed by atoms with van der Waals surface area (Å²) in [6, 6.07) is 3.76. The summed E-state index contributed by atoms with van der Waals surface area (Å²) in [6.45, 7) is 4.13. The highest BCUT2D eigenvalue weighted by molar-refractivity contribution is 14.1. The highest BCUT2D eigenvalue weighted by Crippen LogP contribution is 2.51. The molecule has 2 saturated heterocycles. The number of rotatable bonds is 6. The van der Waals surface area contributed by atoms with Gasteiger partial charge in [-0.05, 0) is 104 Å². The van der Waals surface area contributed by atoms with Gasteiger partial charge in [0, 0.05) is 6.04 Å². The fraction of sp³-hybridized carbons (Fsp3) is 0.586. The molecule has 3 fully saturated rings. The van der Waals surface area contributed by atoms with Gasteiger partial charge in [-0.2, -0.15) is 0 Å². The Labute approximate surface area is 238 Å². The third-order valence-electron chi connectivity index (χ3n) is 8.91. The van der Waals surface area contributed by atoms with E-state index in [1.807, 2.05) is 12.1 Å². The second-order valence-electron chi connectivity index (χ2n) is 11.4. The standard InChI is InChI=1S/C29H37BINO6/c1-16(11-18-13-22(31)27(33)24(14-18)37-3)9-10-23-25-17(2)12-20-26(21(25)15-30(36)38-23)29(35)32(28(20)34)19-7-5-4-6-8-19/h11,13-14,19-21,23,26,33,36H,4-10,12,15H2,1-3H3/b16-11+/t20-,21+,23-,26-/m1/s1. The Hall–Kier alpha value is -1.85. The lowest BCUT2D eigenvalue weighted by molar-refractivity contribution is -0.143. The van der Waals surface area contributed by atoms with Gasteiger partial charge in [-0.3, -0.25) is 14.5 Å². The van der Waals surface area contributed by atoms with Crippen molar-refractivity contribution in [1.82, 2.24) is 4.90 Å². The predicted octanol–water partition coefficient (Wildman–Crippen LogP) is 5.34. The number of likely N-dealkylation sites (tertiary alicyclic amines) is 1. The number of carbonyl (C=O) groups excluding carboxylic acids is 2. The topological polar surface area (TPSA) is 96.3 Å². The first-order valence-corrected chi connectivity index (χ1v) is 14.9. The average Bonchev–Trinajstić information content (AvgIpc) is 3.14. The quantitative estimate of drug-likeness (QED) is 0.190. The summed E-state index contributed by atoms with van der Waals surface area (Å²) in [5.41, 5.74) is 4.34. The minimum Gasteiger partial charge on any atom is -0.504 e. The summed E-state index contributed by atoms with van der Waals surface area (Å²) in [5, 5.41) is 20.8. The Morgan fingerprint density at radius 3 is 2.66 bits per heavy atom. The van der Waals surface area contributed by atoms with Gasteiger partial charge in [0.05, 0.1) is 28.6 Å². The van der Waals surface area contributed by atoms with Gasteiger partial charge in [0.15, 0.2) is 11.5 Å². The number of benzene rings is 1. The number of allylic oxidation sites excluding steroid dienone is 2. The van der Waals surface area contributed by atoms with Crippen molar-refractivity contribution >= 4 is 47.6 Å². The second-order valence-corrected chi connectivity index (χ2v) is 12.6. The van der Waals surface area contributed by atoms with E-state index in [1.54, 1.807) is 4.90 Å². The molecule has 0 aromatic heterocycles. The van der Waals surface area contributed by atoms with Crippen LogP contribution in [0.15, 0.2) is 28.9 Å². The number of halogens is 1. The predicted molar refractivity (Wildman–Crippen MR) is 154 cm³/mol.